The molecule has 1 aromatic rings. The number of hydrogen-bond acceptors (Lipinski definition) is 2. The summed E-state index contributed by atoms with van der Waals surface area (Å²) in [5.41, 5.74) is 1.31. The third kappa shape index (κ3) is 2.20. The third-order valence-electron chi connectivity index (χ3n) is 2.72. The summed E-state index contributed by atoms with van der Waals surface area (Å²) in [7, 11) is 0. The molecule has 0 radical (unpaired) electrons. The number of benzene rings is 1. The first-order valence-electron chi connectivity index (χ1n) is 5.16. The van der Waals surface area contributed by atoms with Gasteiger partial charge in [-0.15, -0.1) is 0 Å². The average molecular weight is 189 g/mol. The molecule has 1 atom stereocenters. The first kappa shape index (κ1) is 9.41. The van der Waals surface area contributed by atoms with Crippen molar-refractivity contribution in [2.75, 3.05) is 6.54 Å². The van der Waals surface area contributed by atoms with Gasteiger partial charge in [-0.25, -0.2) is 0 Å². The summed E-state index contributed by atoms with van der Waals surface area (Å²) in [6.07, 6.45) is 2.63. The van der Waals surface area contributed by atoms with Gasteiger partial charge in [-0.3, -0.25) is 4.79 Å². The van der Waals surface area contributed by atoms with Gasteiger partial charge in [-0.2, -0.15) is 0 Å². The minimum atomic E-state index is 0.107. The van der Waals surface area contributed by atoms with Crippen molar-refractivity contribution in [1.29, 1.82) is 0 Å². The predicted molar refractivity (Wildman–Crippen MR) is 56.2 cm³/mol. The zero-order valence-electron chi connectivity index (χ0n) is 8.20. The van der Waals surface area contributed by atoms with Crippen molar-refractivity contribution < 1.29 is 4.79 Å². The van der Waals surface area contributed by atoms with E-state index >= 15 is 0 Å². The molecular formula is C12H15NO. The standard InChI is InChI=1S/C12H15NO/c14-12-8-9-13-11(12)7-6-10-4-2-1-3-5-10/h1-5,11,13H,6-9H2. The zero-order chi connectivity index (χ0) is 9.80. The molecule has 0 saturated carbocycles. The summed E-state index contributed by atoms with van der Waals surface area (Å²) in [6.45, 7) is 0.859. The molecule has 0 aliphatic carbocycles. The van der Waals surface area contributed by atoms with Crippen molar-refractivity contribution in [2.45, 2.75) is 25.3 Å². The number of carbonyl (C=O) groups excluding carboxylic acids is 1. The van der Waals surface area contributed by atoms with Crippen LogP contribution in [0.1, 0.15) is 18.4 Å². The molecule has 1 aromatic carbocycles. The predicted octanol–water partition coefficient (Wildman–Crippen LogP) is 1.55. The molecule has 0 bridgehead atoms. The van der Waals surface area contributed by atoms with E-state index in [0.717, 1.165) is 19.4 Å². The lowest BCUT2D eigenvalue weighted by Crippen LogP contribution is -2.27. The van der Waals surface area contributed by atoms with Gasteiger partial charge in [0.2, 0.25) is 0 Å². The second-order valence-corrected chi connectivity index (χ2v) is 3.75. The van der Waals surface area contributed by atoms with Gasteiger partial charge in [0.1, 0.15) is 0 Å². The van der Waals surface area contributed by atoms with Crippen molar-refractivity contribution >= 4 is 5.78 Å². The van der Waals surface area contributed by atoms with Crippen LogP contribution in [0.4, 0.5) is 0 Å². The quantitative estimate of drug-likeness (QED) is 0.781. The molecule has 1 N–H and O–H groups in total. The van der Waals surface area contributed by atoms with Crippen molar-refractivity contribution in [3.05, 3.63) is 35.9 Å². The molecule has 1 heterocycles. The molecular weight excluding hydrogens is 174 g/mol. The molecule has 1 aliphatic rings. The van der Waals surface area contributed by atoms with Gasteiger partial charge in [0, 0.05) is 13.0 Å². The highest BCUT2D eigenvalue weighted by molar-refractivity contribution is 5.86. The Morgan fingerprint density at radius 2 is 2.07 bits per heavy atom. The van der Waals surface area contributed by atoms with Crippen LogP contribution in [0.25, 0.3) is 0 Å². The van der Waals surface area contributed by atoms with E-state index in [1.54, 1.807) is 0 Å². The minimum absolute atomic E-state index is 0.107. The largest absolute Gasteiger partial charge is 0.307 e. The molecule has 2 nitrogen and oxygen atoms in total. The van der Waals surface area contributed by atoms with Crippen LogP contribution >= 0.6 is 0 Å². The summed E-state index contributed by atoms with van der Waals surface area (Å²) in [5, 5.41) is 3.23. The van der Waals surface area contributed by atoms with Gasteiger partial charge >= 0.3 is 0 Å². The monoisotopic (exact) mass is 189 g/mol. The van der Waals surface area contributed by atoms with Crippen LogP contribution in [0.5, 0.6) is 0 Å². The van der Waals surface area contributed by atoms with Crippen LogP contribution < -0.4 is 5.32 Å². The van der Waals surface area contributed by atoms with Gasteiger partial charge in [0.25, 0.3) is 0 Å². The van der Waals surface area contributed by atoms with Crippen LogP contribution in [0.15, 0.2) is 30.3 Å². The highest BCUT2D eigenvalue weighted by Crippen LogP contribution is 2.09. The zero-order valence-corrected chi connectivity index (χ0v) is 8.20. The number of carbonyl (C=O) groups is 1. The SMILES string of the molecule is O=C1CCNC1CCc1ccccc1. The van der Waals surface area contributed by atoms with E-state index < -0.39 is 0 Å². The number of aryl methyl sites for hydroxylation is 1. The lowest BCUT2D eigenvalue weighted by Gasteiger charge is -2.07. The summed E-state index contributed by atoms with van der Waals surface area (Å²) in [4.78, 5) is 11.3. The van der Waals surface area contributed by atoms with E-state index in [9.17, 15) is 4.79 Å². The van der Waals surface area contributed by atoms with E-state index in [1.165, 1.54) is 5.56 Å². The van der Waals surface area contributed by atoms with Crippen molar-refractivity contribution in [3.63, 3.8) is 0 Å². The van der Waals surface area contributed by atoms with E-state index in [1.807, 2.05) is 18.2 Å². The minimum Gasteiger partial charge on any atom is -0.307 e. The van der Waals surface area contributed by atoms with Crippen molar-refractivity contribution in [3.8, 4) is 0 Å². The maximum absolute atomic E-state index is 11.3. The first-order chi connectivity index (χ1) is 6.86. The Balaban J connectivity index is 1.85. The van der Waals surface area contributed by atoms with Crippen LogP contribution in [0.2, 0.25) is 0 Å². The highest BCUT2D eigenvalue weighted by atomic mass is 16.1. The average Bonchev–Trinajstić information content (AvgIpc) is 2.63. The van der Waals surface area contributed by atoms with Crippen molar-refractivity contribution in [1.82, 2.24) is 5.32 Å². The molecule has 1 aliphatic heterocycles. The first-order valence-corrected chi connectivity index (χ1v) is 5.16. The molecule has 1 saturated heterocycles. The van der Waals surface area contributed by atoms with Gasteiger partial charge in [0.05, 0.1) is 6.04 Å². The van der Waals surface area contributed by atoms with Crippen LogP contribution in [-0.4, -0.2) is 18.4 Å². The normalized spacial score (nSPS) is 21.4. The molecule has 0 spiro atoms. The molecule has 1 fully saturated rings. The Morgan fingerprint density at radius 3 is 2.71 bits per heavy atom. The highest BCUT2D eigenvalue weighted by Gasteiger charge is 2.22. The smallest absolute Gasteiger partial charge is 0.151 e. The fourth-order valence-electron chi connectivity index (χ4n) is 1.88. The maximum atomic E-state index is 11.3. The lowest BCUT2D eigenvalue weighted by molar-refractivity contribution is -0.118. The Morgan fingerprint density at radius 1 is 1.29 bits per heavy atom. The fourth-order valence-corrected chi connectivity index (χ4v) is 1.88. The summed E-state index contributed by atoms with van der Waals surface area (Å²) >= 11 is 0. The van der Waals surface area contributed by atoms with E-state index in [2.05, 4.69) is 17.4 Å². The molecule has 2 heteroatoms. The Labute approximate surface area is 84.3 Å². The molecule has 1 unspecified atom stereocenters. The van der Waals surface area contributed by atoms with E-state index in [4.69, 9.17) is 0 Å². The number of nitrogens with one attached hydrogen (secondary N) is 1. The summed E-state index contributed by atoms with van der Waals surface area (Å²) in [6, 6.07) is 10.4. The Kier molecular flexibility index (Phi) is 2.94. The summed E-state index contributed by atoms with van der Waals surface area (Å²) in [5.74, 6) is 0.376. The molecule has 2 rings (SSSR count). The third-order valence-corrected chi connectivity index (χ3v) is 2.72. The van der Waals surface area contributed by atoms with Crippen LogP contribution in [-0.2, 0) is 11.2 Å². The Bertz CT molecular complexity index is 307. The van der Waals surface area contributed by atoms with Crippen molar-refractivity contribution in [2.24, 2.45) is 0 Å². The lowest BCUT2D eigenvalue weighted by atomic mass is 10.0. The maximum Gasteiger partial charge on any atom is 0.151 e. The van der Waals surface area contributed by atoms with Gasteiger partial charge in [-0.05, 0) is 18.4 Å². The number of rotatable bonds is 3. The Hall–Kier alpha value is -1.15. The molecule has 74 valence electrons. The van der Waals surface area contributed by atoms with Crippen LogP contribution in [0, 0.1) is 0 Å². The molecule has 14 heavy (non-hydrogen) atoms. The van der Waals surface area contributed by atoms with Gasteiger partial charge in [0.15, 0.2) is 5.78 Å². The topological polar surface area (TPSA) is 29.1 Å². The summed E-state index contributed by atoms with van der Waals surface area (Å²) < 4.78 is 0. The van der Waals surface area contributed by atoms with E-state index in [0.29, 0.717) is 12.2 Å². The van der Waals surface area contributed by atoms with Crippen LogP contribution in [0.3, 0.4) is 0 Å². The molecule has 0 amide bonds. The van der Waals surface area contributed by atoms with Gasteiger partial charge < -0.3 is 5.32 Å². The number of Topliss-reactive ketones (excluding diaryl/α,β-unsaturated/α-hetero) is 1. The second-order valence-electron chi connectivity index (χ2n) is 3.75. The number of ketones is 1. The van der Waals surface area contributed by atoms with Gasteiger partial charge in [-0.1, -0.05) is 30.3 Å². The second kappa shape index (κ2) is 4.38. The van der Waals surface area contributed by atoms with E-state index in [-0.39, 0.29) is 6.04 Å². The number of hydrogen-bond donors (Lipinski definition) is 1. The molecule has 0 aromatic heterocycles. The fraction of sp³-hybridized carbons (Fsp3) is 0.417.